The van der Waals surface area contributed by atoms with E-state index in [0.29, 0.717) is 0 Å². The molecule has 3 rings (SSSR count). The van der Waals surface area contributed by atoms with E-state index >= 15 is 0 Å². The van der Waals surface area contributed by atoms with E-state index in [0.717, 1.165) is 36.0 Å². The minimum atomic E-state index is 0.901. The Balaban J connectivity index is 1.95. The van der Waals surface area contributed by atoms with Crippen LogP contribution < -0.4 is 10.1 Å². The Labute approximate surface area is 111 Å². The molecule has 18 heavy (non-hydrogen) atoms. The zero-order valence-corrected chi connectivity index (χ0v) is 11.4. The molecule has 1 aromatic heterocycles. The first kappa shape index (κ1) is 11.5. The van der Waals surface area contributed by atoms with Gasteiger partial charge in [-0.3, -0.25) is 0 Å². The Morgan fingerprint density at radius 1 is 1.44 bits per heavy atom. The van der Waals surface area contributed by atoms with Crippen molar-refractivity contribution in [2.24, 2.45) is 0 Å². The van der Waals surface area contributed by atoms with E-state index in [1.165, 1.54) is 16.0 Å². The Morgan fingerprint density at radius 3 is 3.11 bits per heavy atom. The van der Waals surface area contributed by atoms with Crippen molar-refractivity contribution in [1.29, 1.82) is 0 Å². The number of hydrogen-bond donors (Lipinski definition) is 1. The molecule has 0 aliphatic heterocycles. The van der Waals surface area contributed by atoms with Crippen molar-refractivity contribution in [3.05, 3.63) is 28.6 Å². The van der Waals surface area contributed by atoms with Crippen LogP contribution in [0.1, 0.15) is 23.8 Å². The summed E-state index contributed by atoms with van der Waals surface area (Å²) < 4.78 is 5.29. The number of hydrogen-bond acceptors (Lipinski definition) is 4. The highest BCUT2D eigenvalue weighted by molar-refractivity contribution is 7.16. The highest BCUT2D eigenvalue weighted by Gasteiger charge is 2.23. The number of nitrogens with zero attached hydrogens (tertiary/aromatic N) is 1. The molecule has 0 amide bonds. The fourth-order valence-electron chi connectivity index (χ4n) is 2.22. The molecule has 1 aliphatic rings. The Morgan fingerprint density at radius 2 is 2.33 bits per heavy atom. The molecule has 0 unspecified atom stereocenters. The number of thiazole rings is 1. The minimum absolute atomic E-state index is 0.901. The number of nitrogens with one attached hydrogen (secondary N) is 1. The molecule has 0 saturated carbocycles. The van der Waals surface area contributed by atoms with Crippen LogP contribution >= 0.6 is 11.3 Å². The molecule has 0 radical (unpaired) electrons. The maximum Gasteiger partial charge on any atom is 0.183 e. The maximum atomic E-state index is 5.29. The summed E-state index contributed by atoms with van der Waals surface area (Å²) in [4.78, 5) is 6.06. The van der Waals surface area contributed by atoms with E-state index in [4.69, 9.17) is 9.72 Å². The molecule has 0 spiro atoms. The van der Waals surface area contributed by atoms with Crippen molar-refractivity contribution in [3.8, 4) is 17.0 Å². The van der Waals surface area contributed by atoms with Crippen molar-refractivity contribution < 1.29 is 4.74 Å². The monoisotopic (exact) mass is 260 g/mol. The molecule has 0 fully saturated rings. The van der Waals surface area contributed by atoms with E-state index in [9.17, 15) is 0 Å². The van der Waals surface area contributed by atoms with Crippen LogP contribution in [-0.4, -0.2) is 18.6 Å². The summed E-state index contributed by atoms with van der Waals surface area (Å²) in [5.41, 5.74) is 3.71. The smallest absolute Gasteiger partial charge is 0.183 e. The third kappa shape index (κ3) is 1.86. The van der Waals surface area contributed by atoms with E-state index in [2.05, 4.69) is 24.4 Å². The molecule has 0 atom stereocenters. The van der Waals surface area contributed by atoms with Gasteiger partial charge in [0.15, 0.2) is 5.13 Å². The molecule has 3 nitrogen and oxygen atoms in total. The lowest BCUT2D eigenvalue weighted by Crippen LogP contribution is -1.98. The second kappa shape index (κ2) is 4.61. The first-order valence-corrected chi connectivity index (χ1v) is 7.04. The number of methoxy groups -OCH3 is 1. The van der Waals surface area contributed by atoms with Gasteiger partial charge in [-0.25, -0.2) is 4.98 Å². The fourth-order valence-corrected chi connectivity index (χ4v) is 3.24. The molecule has 1 heterocycles. The van der Waals surface area contributed by atoms with Gasteiger partial charge in [0, 0.05) is 23.4 Å². The van der Waals surface area contributed by atoms with Crippen LogP contribution in [0.15, 0.2) is 18.2 Å². The molecule has 2 aromatic rings. The van der Waals surface area contributed by atoms with Crippen LogP contribution in [0.25, 0.3) is 11.3 Å². The van der Waals surface area contributed by atoms with Gasteiger partial charge in [-0.05, 0) is 24.1 Å². The first-order chi connectivity index (χ1) is 8.81. The van der Waals surface area contributed by atoms with Gasteiger partial charge in [0.1, 0.15) is 5.75 Å². The van der Waals surface area contributed by atoms with Gasteiger partial charge in [-0.15, -0.1) is 11.3 Å². The Bertz CT molecular complexity index is 577. The van der Waals surface area contributed by atoms with Gasteiger partial charge in [0.2, 0.25) is 0 Å². The van der Waals surface area contributed by atoms with Crippen LogP contribution in [0.4, 0.5) is 5.13 Å². The average Bonchev–Trinajstić information content (AvgIpc) is 2.92. The second-order valence-corrected chi connectivity index (χ2v) is 5.50. The van der Waals surface area contributed by atoms with Gasteiger partial charge in [0.05, 0.1) is 12.8 Å². The minimum Gasteiger partial charge on any atom is -0.497 e. The van der Waals surface area contributed by atoms with Crippen molar-refractivity contribution in [3.63, 3.8) is 0 Å². The van der Waals surface area contributed by atoms with Gasteiger partial charge >= 0.3 is 0 Å². The zero-order valence-electron chi connectivity index (χ0n) is 10.6. The largest absolute Gasteiger partial charge is 0.497 e. The predicted octanol–water partition coefficient (Wildman–Crippen LogP) is 3.54. The molecular weight excluding hydrogens is 244 g/mol. The second-order valence-electron chi connectivity index (χ2n) is 4.42. The van der Waals surface area contributed by atoms with E-state index in [1.807, 2.05) is 6.07 Å². The van der Waals surface area contributed by atoms with Crippen molar-refractivity contribution in [2.45, 2.75) is 19.8 Å². The van der Waals surface area contributed by atoms with Gasteiger partial charge < -0.3 is 10.1 Å². The van der Waals surface area contributed by atoms with Gasteiger partial charge in [-0.2, -0.15) is 0 Å². The van der Waals surface area contributed by atoms with Crippen LogP contribution in [0.2, 0.25) is 0 Å². The molecule has 0 saturated heterocycles. The number of fused-ring (bicyclic) bond motifs is 3. The van der Waals surface area contributed by atoms with Crippen molar-refractivity contribution in [1.82, 2.24) is 4.98 Å². The molecule has 94 valence electrons. The zero-order chi connectivity index (χ0) is 12.5. The highest BCUT2D eigenvalue weighted by Crippen LogP contribution is 2.42. The summed E-state index contributed by atoms with van der Waals surface area (Å²) in [5.74, 6) is 0.901. The summed E-state index contributed by atoms with van der Waals surface area (Å²) in [6, 6.07) is 6.25. The van der Waals surface area contributed by atoms with Crippen LogP contribution in [-0.2, 0) is 6.42 Å². The third-order valence-electron chi connectivity index (χ3n) is 3.15. The Kier molecular flexibility index (Phi) is 2.96. The average molecular weight is 260 g/mol. The SMILES string of the molecule is CCCNc1nc2c(s1)Cc1ccc(OC)cc1-2. The van der Waals surface area contributed by atoms with Gasteiger partial charge in [-0.1, -0.05) is 13.0 Å². The standard InChI is InChI=1S/C14H16N2OS/c1-3-6-15-14-16-13-11-8-10(17-2)5-4-9(11)7-12(13)18-14/h4-5,8H,3,6-7H2,1-2H3,(H,15,16). The molecule has 4 heteroatoms. The number of ether oxygens (including phenoxy) is 1. The van der Waals surface area contributed by atoms with Crippen LogP contribution in [0.3, 0.4) is 0 Å². The van der Waals surface area contributed by atoms with Crippen LogP contribution in [0.5, 0.6) is 5.75 Å². The van der Waals surface area contributed by atoms with Crippen molar-refractivity contribution in [2.75, 3.05) is 19.0 Å². The molecule has 0 bridgehead atoms. The van der Waals surface area contributed by atoms with E-state index in [1.54, 1.807) is 18.4 Å². The molecule has 1 N–H and O–H groups in total. The quantitative estimate of drug-likeness (QED) is 0.779. The van der Waals surface area contributed by atoms with Gasteiger partial charge in [0.25, 0.3) is 0 Å². The molecule has 1 aliphatic carbocycles. The van der Waals surface area contributed by atoms with E-state index < -0.39 is 0 Å². The summed E-state index contributed by atoms with van der Waals surface area (Å²) in [6.07, 6.45) is 2.12. The lowest BCUT2D eigenvalue weighted by Gasteiger charge is -2.04. The maximum absolute atomic E-state index is 5.29. The summed E-state index contributed by atoms with van der Waals surface area (Å²) in [5, 5.41) is 4.40. The topological polar surface area (TPSA) is 34.2 Å². The normalized spacial score (nSPS) is 12.1. The van der Waals surface area contributed by atoms with Crippen LogP contribution in [0, 0.1) is 0 Å². The number of aromatic nitrogens is 1. The predicted molar refractivity (Wildman–Crippen MR) is 75.7 cm³/mol. The third-order valence-corrected chi connectivity index (χ3v) is 4.16. The summed E-state index contributed by atoms with van der Waals surface area (Å²) in [6.45, 7) is 3.14. The lowest BCUT2D eigenvalue weighted by molar-refractivity contribution is 0.415. The lowest BCUT2D eigenvalue weighted by atomic mass is 10.1. The fraction of sp³-hybridized carbons (Fsp3) is 0.357. The van der Waals surface area contributed by atoms with Crippen molar-refractivity contribution >= 4 is 16.5 Å². The Hall–Kier alpha value is -1.55. The number of anilines is 1. The number of benzene rings is 1. The summed E-state index contributed by atoms with van der Waals surface area (Å²) in [7, 11) is 1.70. The highest BCUT2D eigenvalue weighted by atomic mass is 32.1. The summed E-state index contributed by atoms with van der Waals surface area (Å²) >= 11 is 1.77. The van der Waals surface area contributed by atoms with E-state index in [-0.39, 0.29) is 0 Å². The number of rotatable bonds is 4. The molecular formula is C14H16N2OS. The molecule has 1 aromatic carbocycles. The first-order valence-electron chi connectivity index (χ1n) is 6.22.